The topological polar surface area (TPSA) is 75.3 Å². The maximum Gasteiger partial charge on any atom is 0.252 e. The third-order valence-corrected chi connectivity index (χ3v) is 4.75. The molecule has 3 rings (SSSR count). The van der Waals surface area contributed by atoms with Crippen molar-refractivity contribution in [1.82, 2.24) is 5.32 Å². The lowest BCUT2D eigenvalue weighted by molar-refractivity contribution is -0.115. The smallest absolute Gasteiger partial charge is 0.252 e. The Balaban J connectivity index is 1.66. The molecule has 5 nitrogen and oxygen atoms in total. The van der Waals surface area contributed by atoms with Crippen molar-refractivity contribution >= 4 is 34.6 Å². The predicted octanol–water partition coefficient (Wildman–Crippen LogP) is 3.33. The molecule has 2 aromatic carbocycles. The molecule has 0 fully saturated rings. The Morgan fingerprint density at radius 3 is 2.46 bits per heavy atom. The summed E-state index contributed by atoms with van der Waals surface area (Å²) < 4.78 is 0. The monoisotopic (exact) mass is 388 g/mol. The highest BCUT2D eigenvalue weighted by Crippen LogP contribution is 2.18. The SMILES string of the molecule is C#Cc1cccc(NC(=O)CNC(=O)c2ccccc2C(=O)c2cccs2)c1. The second kappa shape index (κ2) is 8.80. The van der Waals surface area contributed by atoms with Crippen molar-refractivity contribution in [2.45, 2.75) is 0 Å². The number of ketones is 1. The van der Waals surface area contributed by atoms with E-state index in [-0.39, 0.29) is 17.9 Å². The minimum atomic E-state index is -0.493. The van der Waals surface area contributed by atoms with Crippen LogP contribution in [0.25, 0.3) is 0 Å². The third kappa shape index (κ3) is 4.53. The zero-order chi connectivity index (χ0) is 19.9. The van der Waals surface area contributed by atoms with Crippen LogP contribution in [0.4, 0.5) is 5.69 Å². The summed E-state index contributed by atoms with van der Waals surface area (Å²) in [6, 6.07) is 16.9. The molecule has 0 saturated heterocycles. The van der Waals surface area contributed by atoms with Gasteiger partial charge >= 0.3 is 0 Å². The van der Waals surface area contributed by atoms with Crippen LogP contribution in [-0.4, -0.2) is 24.1 Å². The Labute approximate surface area is 166 Å². The van der Waals surface area contributed by atoms with Gasteiger partial charge in [0.25, 0.3) is 5.91 Å². The number of hydrogen-bond donors (Lipinski definition) is 2. The fourth-order valence-electron chi connectivity index (χ4n) is 2.57. The van der Waals surface area contributed by atoms with E-state index in [0.717, 1.165) is 0 Å². The molecule has 2 N–H and O–H groups in total. The molecule has 28 heavy (non-hydrogen) atoms. The number of benzene rings is 2. The molecular formula is C22H16N2O3S. The highest BCUT2D eigenvalue weighted by Gasteiger charge is 2.19. The second-order valence-corrected chi connectivity index (χ2v) is 6.76. The van der Waals surface area contributed by atoms with Crippen molar-refractivity contribution in [3.8, 4) is 12.3 Å². The van der Waals surface area contributed by atoms with Gasteiger partial charge in [0.15, 0.2) is 0 Å². The summed E-state index contributed by atoms with van der Waals surface area (Å²) in [6.07, 6.45) is 5.34. The lowest BCUT2D eigenvalue weighted by Gasteiger charge is -2.10. The number of rotatable bonds is 6. The van der Waals surface area contributed by atoms with Crippen molar-refractivity contribution in [3.05, 3.63) is 87.6 Å². The number of thiophene rings is 1. The summed E-state index contributed by atoms with van der Waals surface area (Å²) in [5, 5.41) is 7.02. The lowest BCUT2D eigenvalue weighted by Crippen LogP contribution is -2.33. The molecule has 2 amide bonds. The van der Waals surface area contributed by atoms with Gasteiger partial charge < -0.3 is 10.6 Å². The summed E-state index contributed by atoms with van der Waals surface area (Å²) in [5.41, 5.74) is 1.71. The number of carbonyl (C=O) groups is 3. The standard InChI is InChI=1S/C22H16N2O3S/c1-2-15-7-5-8-16(13-15)24-20(25)14-23-22(27)18-10-4-3-9-17(18)21(26)19-11-6-12-28-19/h1,3-13H,14H2,(H,23,27)(H,24,25). The highest BCUT2D eigenvalue weighted by molar-refractivity contribution is 7.12. The van der Waals surface area contributed by atoms with E-state index in [4.69, 9.17) is 6.42 Å². The molecule has 0 aliphatic carbocycles. The first kappa shape index (κ1) is 19.1. The summed E-state index contributed by atoms with van der Waals surface area (Å²) in [5.74, 6) is 1.37. The molecule has 0 spiro atoms. The van der Waals surface area contributed by atoms with Crippen molar-refractivity contribution in [3.63, 3.8) is 0 Å². The van der Waals surface area contributed by atoms with Gasteiger partial charge in [-0.3, -0.25) is 14.4 Å². The number of terminal acetylenes is 1. The molecule has 1 aromatic heterocycles. The summed E-state index contributed by atoms with van der Waals surface area (Å²) in [6.45, 7) is -0.235. The van der Waals surface area contributed by atoms with Gasteiger partial charge in [0, 0.05) is 16.8 Å². The average Bonchev–Trinajstić information content (AvgIpc) is 3.26. The molecule has 138 valence electrons. The normalized spacial score (nSPS) is 9.96. The van der Waals surface area contributed by atoms with Crippen molar-refractivity contribution in [2.75, 3.05) is 11.9 Å². The zero-order valence-corrected chi connectivity index (χ0v) is 15.6. The number of carbonyl (C=O) groups excluding carboxylic acids is 3. The van der Waals surface area contributed by atoms with Crippen molar-refractivity contribution in [1.29, 1.82) is 0 Å². The molecule has 0 unspecified atom stereocenters. The van der Waals surface area contributed by atoms with Crippen LogP contribution in [0.5, 0.6) is 0 Å². The van der Waals surface area contributed by atoms with E-state index in [1.165, 1.54) is 11.3 Å². The Kier molecular flexibility index (Phi) is 6.00. The van der Waals surface area contributed by atoms with Gasteiger partial charge in [-0.15, -0.1) is 17.8 Å². The Hall–Kier alpha value is -3.69. The van der Waals surface area contributed by atoms with Crippen LogP contribution < -0.4 is 10.6 Å². The molecule has 0 bridgehead atoms. The molecular weight excluding hydrogens is 372 g/mol. The van der Waals surface area contributed by atoms with E-state index in [1.807, 2.05) is 0 Å². The minimum absolute atomic E-state index is 0.225. The molecule has 0 aliphatic rings. The molecule has 6 heteroatoms. The van der Waals surface area contributed by atoms with Crippen LogP contribution >= 0.6 is 11.3 Å². The number of amides is 2. The van der Waals surface area contributed by atoms with Gasteiger partial charge in [-0.2, -0.15) is 0 Å². The summed E-state index contributed by atoms with van der Waals surface area (Å²) in [7, 11) is 0. The van der Waals surface area contributed by atoms with E-state index in [9.17, 15) is 14.4 Å². The van der Waals surface area contributed by atoms with Crippen LogP contribution in [-0.2, 0) is 4.79 Å². The Morgan fingerprint density at radius 2 is 1.75 bits per heavy atom. The van der Waals surface area contributed by atoms with Crippen LogP contribution in [0.1, 0.15) is 31.2 Å². The number of anilines is 1. The van der Waals surface area contributed by atoms with Gasteiger partial charge in [0.05, 0.1) is 17.0 Å². The van der Waals surface area contributed by atoms with E-state index >= 15 is 0 Å². The van der Waals surface area contributed by atoms with Crippen LogP contribution in [0, 0.1) is 12.3 Å². The van der Waals surface area contributed by atoms with Gasteiger partial charge in [-0.05, 0) is 35.7 Å². The van der Waals surface area contributed by atoms with Crippen molar-refractivity contribution < 1.29 is 14.4 Å². The fraction of sp³-hybridized carbons (Fsp3) is 0.0455. The molecule has 0 atom stereocenters. The molecule has 1 heterocycles. The van der Waals surface area contributed by atoms with Gasteiger partial charge in [0.1, 0.15) is 0 Å². The summed E-state index contributed by atoms with van der Waals surface area (Å²) >= 11 is 1.31. The summed E-state index contributed by atoms with van der Waals surface area (Å²) in [4.78, 5) is 37.8. The number of hydrogen-bond acceptors (Lipinski definition) is 4. The first-order valence-corrected chi connectivity index (χ1v) is 9.28. The minimum Gasteiger partial charge on any atom is -0.343 e. The van der Waals surface area contributed by atoms with E-state index in [2.05, 4.69) is 16.6 Å². The second-order valence-electron chi connectivity index (χ2n) is 5.81. The quantitative estimate of drug-likeness (QED) is 0.502. The lowest BCUT2D eigenvalue weighted by atomic mass is 10.0. The molecule has 0 radical (unpaired) electrons. The zero-order valence-electron chi connectivity index (χ0n) is 14.8. The maximum atomic E-state index is 12.6. The first-order chi connectivity index (χ1) is 13.6. The Morgan fingerprint density at radius 1 is 0.964 bits per heavy atom. The highest BCUT2D eigenvalue weighted by atomic mass is 32.1. The van der Waals surface area contributed by atoms with Gasteiger partial charge in [-0.1, -0.05) is 36.3 Å². The predicted molar refractivity (Wildman–Crippen MR) is 110 cm³/mol. The van der Waals surface area contributed by atoms with Crippen LogP contribution in [0.15, 0.2) is 66.0 Å². The van der Waals surface area contributed by atoms with Gasteiger partial charge in [0.2, 0.25) is 11.7 Å². The third-order valence-electron chi connectivity index (χ3n) is 3.88. The average molecular weight is 388 g/mol. The number of nitrogens with one attached hydrogen (secondary N) is 2. The van der Waals surface area contributed by atoms with E-state index < -0.39 is 11.8 Å². The molecule has 0 aliphatic heterocycles. The Bertz CT molecular complexity index is 1070. The first-order valence-electron chi connectivity index (χ1n) is 8.40. The van der Waals surface area contributed by atoms with Gasteiger partial charge in [-0.25, -0.2) is 0 Å². The maximum absolute atomic E-state index is 12.6. The largest absolute Gasteiger partial charge is 0.343 e. The van der Waals surface area contributed by atoms with Crippen LogP contribution in [0.2, 0.25) is 0 Å². The molecule has 0 saturated carbocycles. The van der Waals surface area contributed by atoms with Crippen molar-refractivity contribution in [2.24, 2.45) is 0 Å². The molecule has 3 aromatic rings. The fourth-order valence-corrected chi connectivity index (χ4v) is 3.25. The van der Waals surface area contributed by atoms with Crippen LogP contribution in [0.3, 0.4) is 0 Å². The van der Waals surface area contributed by atoms with E-state index in [0.29, 0.717) is 21.7 Å². The van der Waals surface area contributed by atoms with E-state index in [1.54, 1.807) is 66.0 Å².